The zero-order valence-corrected chi connectivity index (χ0v) is 6.59. The van der Waals surface area contributed by atoms with Crippen LogP contribution in [0.5, 0.6) is 0 Å². The van der Waals surface area contributed by atoms with Gasteiger partial charge < -0.3 is 15.3 Å². The number of carboxylic acid groups (broad SMARTS) is 1. The van der Waals surface area contributed by atoms with Gasteiger partial charge in [0.05, 0.1) is 0 Å². The van der Waals surface area contributed by atoms with Gasteiger partial charge in [0.1, 0.15) is 0 Å². The number of nitrogens with one attached hydrogen (secondary N) is 1. The normalized spacial score (nSPS) is 12.7. The molecule has 0 saturated heterocycles. The Morgan fingerprint density at radius 1 is 1.80 bits per heavy atom. The summed E-state index contributed by atoms with van der Waals surface area (Å²) in [6, 6.07) is 0.0301. The molecule has 0 aromatic heterocycles. The van der Waals surface area contributed by atoms with Crippen LogP contribution in [0.2, 0.25) is 0 Å². The summed E-state index contributed by atoms with van der Waals surface area (Å²) < 4.78 is 0. The van der Waals surface area contributed by atoms with Gasteiger partial charge in [-0.15, -0.1) is 0 Å². The van der Waals surface area contributed by atoms with Crippen LogP contribution < -0.4 is 5.32 Å². The van der Waals surface area contributed by atoms with E-state index >= 15 is 0 Å². The zero-order chi connectivity index (χ0) is 8.15. The Balaban J connectivity index is 3.69. The third kappa shape index (κ3) is 2.68. The highest BCUT2D eigenvalue weighted by Crippen LogP contribution is 1.92. The first-order valence-corrected chi connectivity index (χ1v) is 3.20. The first-order valence-electron chi connectivity index (χ1n) is 3.20. The van der Waals surface area contributed by atoms with Gasteiger partial charge in [-0.25, -0.2) is 4.79 Å². The molecule has 0 aliphatic carbocycles. The van der Waals surface area contributed by atoms with E-state index < -0.39 is 6.09 Å². The van der Waals surface area contributed by atoms with Crippen molar-refractivity contribution in [2.45, 2.75) is 13.0 Å². The fraction of sp³-hybridized carbons (Fsp3) is 0.833. The number of hydrogen-bond acceptors (Lipinski definition) is 2. The second-order valence-corrected chi connectivity index (χ2v) is 2.30. The number of rotatable bonds is 3. The largest absolute Gasteiger partial charge is 0.465 e. The quantitative estimate of drug-likeness (QED) is 0.598. The van der Waals surface area contributed by atoms with Crippen molar-refractivity contribution in [2.75, 3.05) is 20.6 Å². The maximum absolute atomic E-state index is 10.3. The van der Waals surface area contributed by atoms with Crippen LogP contribution in [0.1, 0.15) is 6.92 Å². The molecule has 10 heavy (non-hydrogen) atoms. The van der Waals surface area contributed by atoms with Crippen LogP contribution >= 0.6 is 0 Å². The highest BCUT2D eigenvalue weighted by atomic mass is 16.4. The first-order chi connectivity index (χ1) is 4.59. The third-order valence-electron chi connectivity index (χ3n) is 1.46. The maximum Gasteiger partial charge on any atom is 0.407 e. The molecule has 0 heterocycles. The maximum atomic E-state index is 10.3. The van der Waals surface area contributed by atoms with Gasteiger partial charge in [-0.1, -0.05) is 0 Å². The molecule has 0 bridgehead atoms. The van der Waals surface area contributed by atoms with Gasteiger partial charge in [-0.05, 0) is 14.0 Å². The van der Waals surface area contributed by atoms with Crippen molar-refractivity contribution in [3.05, 3.63) is 0 Å². The SMILES string of the molecule is CNCC(C)N(C)C(=O)O. The van der Waals surface area contributed by atoms with Crippen LogP contribution in [0.15, 0.2) is 0 Å². The fourth-order valence-corrected chi connectivity index (χ4v) is 0.621. The second kappa shape index (κ2) is 4.11. The molecule has 4 nitrogen and oxygen atoms in total. The Morgan fingerprint density at radius 2 is 2.30 bits per heavy atom. The number of nitrogens with zero attached hydrogens (tertiary/aromatic N) is 1. The summed E-state index contributed by atoms with van der Waals surface area (Å²) in [6.07, 6.45) is -0.886. The Bertz CT molecular complexity index is 116. The Hall–Kier alpha value is -0.770. The highest BCUT2D eigenvalue weighted by Gasteiger charge is 2.11. The van der Waals surface area contributed by atoms with Gasteiger partial charge >= 0.3 is 6.09 Å². The minimum atomic E-state index is -0.886. The van der Waals surface area contributed by atoms with Gasteiger partial charge in [-0.3, -0.25) is 0 Å². The average Bonchev–Trinajstić information content (AvgIpc) is 1.87. The van der Waals surface area contributed by atoms with Crippen LogP contribution in [0.4, 0.5) is 4.79 Å². The summed E-state index contributed by atoms with van der Waals surface area (Å²) in [5.74, 6) is 0. The van der Waals surface area contributed by atoms with E-state index in [1.54, 1.807) is 14.1 Å². The zero-order valence-electron chi connectivity index (χ0n) is 6.59. The third-order valence-corrected chi connectivity index (χ3v) is 1.46. The fourth-order valence-electron chi connectivity index (χ4n) is 0.621. The van der Waals surface area contributed by atoms with Gasteiger partial charge in [0, 0.05) is 19.6 Å². The van der Waals surface area contributed by atoms with Crippen molar-refractivity contribution in [3.63, 3.8) is 0 Å². The minimum Gasteiger partial charge on any atom is -0.465 e. The standard InChI is InChI=1S/C6H14N2O2/c1-5(4-7-2)8(3)6(9)10/h5,7H,4H2,1-3H3,(H,9,10). The molecule has 0 aliphatic rings. The van der Waals surface area contributed by atoms with Crippen LogP contribution in [0.3, 0.4) is 0 Å². The Morgan fingerprint density at radius 3 is 2.60 bits per heavy atom. The van der Waals surface area contributed by atoms with Crippen LogP contribution in [-0.4, -0.2) is 42.8 Å². The van der Waals surface area contributed by atoms with Gasteiger partial charge in [0.2, 0.25) is 0 Å². The molecule has 0 aliphatic heterocycles. The molecule has 0 radical (unpaired) electrons. The van der Waals surface area contributed by atoms with E-state index in [0.29, 0.717) is 6.54 Å². The molecular formula is C6H14N2O2. The Labute approximate surface area is 60.8 Å². The molecule has 0 aromatic rings. The molecule has 1 atom stereocenters. The van der Waals surface area contributed by atoms with Gasteiger partial charge in [-0.2, -0.15) is 0 Å². The van der Waals surface area contributed by atoms with Crippen molar-refractivity contribution < 1.29 is 9.90 Å². The average molecular weight is 146 g/mol. The lowest BCUT2D eigenvalue weighted by Gasteiger charge is -2.20. The van der Waals surface area contributed by atoms with E-state index in [-0.39, 0.29) is 6.04 Å². The summed E-state index contributed by atoms with van der Waals surface area (Å²) in [5.41, 5.74) is 0. The van der Waals surface area contributed by atoms with E-state index in [4.69, 9.17) is 5.11 Å². The smallest absolute Gasteiger partial charge is 0.407 e. The van der Waals surface area contributed by atoms with E-state index in [9.17, 15) is 4.79 Å². The lowest BCUT2D eigenvalue weighted by atomic mass is 10.3. The van der Waals surface area contributed by atoms with Crippen molar-refractivity contribution in [1.82, 2.24) is 10.2 Å². The summed E-state index contributed by atoms with van der Waals surface area (Å²) >= 11 is 0. The number of likely N-dealkylation sites (N-methyl/N-ethyl adjacent to an activating group) is 2. The van der Waals surface area contributed by atoms with Crippen molar-refractivity contribution in [2.24, 2.45) is 0 Å². The topological polar surface area (TPSA) is 52.6 Å². The van der Waals surface area contributed by atoms with Crippen LogP contribution in [0, 0.1) is 0 Å². The molecule has 0 fully saturated rings. The number of amides is 1. The van der Waals surface area contributed by atoms with Crippen molar-refractivity contribution in [1.29, 1.82) is 0 Å². The molecule has 1 unspecified atom stereocenters. The highest BCUT2D eigenvalue weighted by molar-refractivity contribution is 5.64. The molecule has 0 spiro atoms. The van der Waals surface area contributed by atoms with Crippen LogP contribution in [0.25, 0.3) is 0 Å². The van der Waals surface area contributed by atoms with Gasteiger partial charge in [0.25, 0.3) is 0 Å². The van der Waals surface area contributed by atoms with Crippen LogP contribution in [-0.2, 0) is 0 Å². The van der Waals surface area contributed by atoms with Gasteiger partial charge in [0.15, 0.2) is 0 Å². The second-order valence-electron chi connectivity index (χ2n) is 2.30. The molecule has 0 rings (SSSR count). The van der Waals surface area contributed by atoms with E-state index in [1.807, 2.05) is 6.92 Å². The molecule has 2 N–H and O–H groups in total. The van der Waals surface area contributed by atoms with E-state index in [2.05, 4.69) is 5.32 Å². The molecule has 1 amide bonds. The monoisotopic (exact) mass is 146 g/mol. The first kappa shape index (κ1) is 9.23. The Kier molecular flexibility index (Phi) is 3.79. The molecule has 0 saturated carbocycles. The summed E-state index contributed by atoms with van der Waals surface area (Å²) in [4.78, 5) is 11.6. The number of carbonyl (C=O) groups is 1. The predicted molar refractivity (Wildman–Crippen MR) is 39.2 cm³/mol. The molecule has 0 aromatic carbocycles. The summed E-state index contributed by atoms with van der Waals surface area (Å²) in [5, 5.41) is 11.4. The molecular weight excluding hydrogens is 132 g/mol. The summed E-state index contributed by atoms with van der Waals surface area (Å²) in [7, 11) is 3.36. The van der Waals surface area contributed by atoms with E-state index in [1.165, 1.54) is 4.90 Å². The lowest BCUT2D eigenvalue weighted by Crippen LogP contribution is -2.39. The predicted octanol–water partition coefficient (Wildman–Crippen LogP) is 0.204. The lowest BCUT2D eigenvalue weighted by molar-refractivity contribution is 0.141. The van der Waals surface area contributed by atoms with E-state index in [0.717, 1.165) is 0 Å². The molecule has 4 heteroatoms. The summed E-state index contributed by atoms with van der Waals surface area (Å²) in [6.45, 7) is 2.54. The minimum absolute atomic E-state index is 0.0301. The molecule has 60 valence electrons. The number of hydrogen-bond donors (Lipinski definition) is 2. The van der Waals surface area contributed by atoms with Crippen molar-refractivity contribution >= 4 is 6.09 Å². The van der Waals surface area contributed by atoms with Crippen molar-refractivity contribution in [3.8, 4) is 0 Å².